The molecule has 0 fully saturated rings. The Morgan fingerprint density at radius 3 is 2.59 bits per heavy atom. The summed E-state index contributed by atoms with van der Waals surface area (Å²) in [5.74, 6) is 1.35. The highest BCUT2D eigenvalue weighted by Gasteiger charge is 2.18. The van der Waals surface area contributed by atoms with Crippen LogP contribution < -0.4 is 10.2 Å². The van der Waals surface area contributed by atoms with Gasteiger partial charge < -0.3 is 15.0 Å². The maximum Gasteiger partial charge on any atom is 0.222 e. The van der Waals surface area contributed by atoms with Crippen LogP contribution >= 0.6 is 23.2 Å². The van der Waals surface area contributed by atoms with Crippen LogP contribution in [0, 0.1) is 0 Å². The van der Waals surface area contributed by atoms with Gasteiger partial charge in [0.2, 0.25) is 5.91 Å². The van der Waals surface area contributed by atoms with Crippen molar-refractivity contribution in [2.45, 2.75) is 32.7 Å². The van der Waals surface area contributed by atoms with Crippen molar-refractivity contribution in [3.8, 4) is 0 Å². The second-order valence-corrected chi connectivity index (χ2v) is 8.37. The van der Waals surface area contributed by atoms with Gasteiger partial charge in [-0.25, -0.2) is 9.97 Å². The highest BCUT2D eigenvalue weighted by atomic mass is 35.5. The molecule has 1 unspecified atom stereocenters. The molecular formula is C24H28Cl2N4O2. The number of carbonyl (C=O) groups is 1. The van der Waals surface area contributed by atoms with Crippen molar-refractivity contribution < 1.29 is 9.53 Å². The zero-order valence-electron chi connectivity index (χ0n) is 18.6. The van der Waals surface area contributed by atoms with Crippen molar-refractivity contribution in [3.63, 3.8) is 0 Å². The number of nitrogens with zero attached hydrogens (tertiary/aromatic N) is 3. The fourth-order valence-electron chi connectivity index (χ4n) is 3.49. The van der Waals surface area contributed by atoms with Crippen LogP contribution in [0.2, 0.25) is 10.0 Å². The molecule has 0 aliphatic heterocycles. The van der Waals surface area contributed by atoms with Crippen LogP contribution in [0.15, 0.2) is 42.5 Å². The molecule has 0 radical (unpaired) electrons. The first-order chi connectivity index (χ1) is 15.4. The van der Waals surface area contributed by atoms with Gasteiger partial charge in [-0.3, -0.25) is 4.79 Å². The Labute approximate surface area is 198 Å². The number of carbonyl (C=O) groups excluding carboxylic acids is 1. The van der Waals surface area contributed by atoms with E-state index < -0.39 is 0 Å². The van der Waals surface area contributed by atoms with Crippen molar-refractivity contribution in [2.24, 2.45) is 0 Å². The van der Waals surface area contributed by atoms with Crippen LogP contribution in [0.4, 0.5) is 5.82 Å². The Hall–Kier alpha value is -2.41. The van der Waals surface area contributed by atoms with E-state index in [4.69, 9.17) is 32.9 Å². The van der Waals surface area contributed by atoms with Crippen LogP contribution in [0.5, 0.6) is 0 Å². The standard InChI is InChI=1S/C24H28Cl2N4O2/c1-4-21-28-23-19(14-18(25)15-20(23)26)24(29-21)30(12-13-32-3)11-10-22(31)27-16(2)17-8-6-5-7-9-17/h5-9,14-16H,4,10-13H2,1-3H3,(H,27,31). The number of ether oxygens (including phenoxy) is 1. The molecule has 6 nitrogen and oxygen atoms in total. The van der Waals surface area contributed by atoms with Gasteiger partial charge in [0.05, 0.1) is 23.2 Å². The number of aromatic nitrogens is 2. The molecule has 2 aromatic carbocycles. The topological polar surface area (TPSA) is 67.4 Å². The number of anilines is 1. The molecule has 1 heterocycles. The first kappa shape index (κ1) is 24.2. The van der Waals surface area contributed by atoms with Crippen LogP contribution in [0.1, 0.15) is 37.7 Å². The van der Waals surface area contributed by atoms with E-state index in [0.29, 0.717) is 59.7 Å². The fraction of sp³-hybridized carbons (Fsp3) is 0.375. The average molecular weight is 475 g/mol. The average Bonchev–Trinajstić information content (AvgIpc) is 2.79. The molecule has 0 aliphatic rings. The third-order valence-corrected chi connectivity index (χ3v) is 5.72. The molecule has 170 valence electrons. The number of fused-ring (bicyclic) bond motifs is 1. The van der Waals surface area contributed by atoms with Crippen LogP contribution in [-0.2, 0) is 16.0 Å². The summed E-state index contributed by atoms with van der Waals surface area (Å²) in [4.78, 5) is 24.1. The van der Waals surface area contributed by atoms with Gasteiger partial charge in [-0.2, -0.15) is 0 Å². The van der Waals surface area contributed by atoms with Crippen LogP contribution in [0.25, 0.3) is 10.9 Å². The molecule has 0 bridgehead atoms. The Balaban J connectivity index is 1.83. The predicted molar refractivity (Wildman–Crippen MR) is 131 cm³/mol. The minimum atomic E-state index is -0.0692. The van der Waals surface area contributed by atoms with E-state index in [1.165, 1.54) is 0 Å². The summed E-state index contributed by atoms with van der Waals surface area (Å²) in [6, 6.07) is 13.3. The zero-order valence-corrected chi connectivity index (χ0v) is 20.1. The number of methoxy groups -OCH3 is 1. The van der Waals surface area contributed by atoms with Gasteiger partial charge >= 0.3 is 0 Å². The second-order valence-electron chi connectivity index (χ2n) is 7.53. The van der Waals surface area contributed by atoms with E-state index in [0.717, 1.165) is 10.9 Å². The lowest BCUT2D eigenvalue weighted by Crippen LogP contribution is -2.34. The van der Waals surface area contributed by atoms with Crippen molar-refractivity contribution >= 4 is 45.8 Å². The number of benzene rings is 2. The maximum atomic E-state index is 12.7. The Bertz CT molecular complexity index is 1060. The molecule has 0 saturated carbocycles. The van der Waals surface area contributed by atoms with Crippen molar-refractivity contribution in [1.82, 2.24) is 15.3 Å². The van der Waals surface area contributed by atoms with Crippen LogP contribution in [0.3, 0.4) is 0 Å². The largest absolute Gasteiger partial charge is 0.383 e. The monoisotopic (exact) mass is 474 g/mol. The lowest BCUT2D eigenvalue weighted by Gasteiger charge is -2.25. The highest BCUT2D eigenvalue weighted by Crippen LogP contribution is 2.32. The Morgan fingerprint density at radius 2 is 1.91 bits per heavy atom. The summed E-state index contributed by atoms with van der Waals surface area (Å²) in [5.41, 5.74) is 1.72. The molecule has 0 saturated heterocycles. The number of hydrogen-bond donors (Lipinski definition) is 1. The smallest absolute Gasteiger partial charge is 0.222 e. The summed E-state index contributed by atoms with van der Waals surface area (Å²) in [5, 5.41) is 4.81. The number of rotatable bonds is 10. The Morgan fingerprint density at radius 1 is 1.16 bits per heavy atom. The minimum Gasteiger partial charge on any atom is -0.383 e. The van der Waals surface area contributed by atoms with E-state index in [1.54, 1.807) is 13.2 Å². The minimum absolute atomic E-state index is 0.0334. The zero-order chi connectivity index (χ0) is 23.1. The van der Waals surface area contributed by atoms with Gasteiger partial charge in [0.25, 0.3) is 0 Å². The predicted octanol–water partition coefficient (Wildman–Crippen LogP) is 5.22. The van der Waals surface area contributed by atoms with Crippen molar-refractivity contribution in [1.29, 1.82) is 0 Å². The number of halogens is 2. The van der Waals surface area contributed by atoms with E-state index in [2.05, 4.69) is 10.3 Å². The number of amides is 1. The molecule has 3 rings (SSSR count). The number of hydrogen-bond acceptors (Lipinski definition) is 5. The third-order valence-electron chi connectivity index (χ3n) is 5.21. The normalized spacial score (nSPS) is 12.0. The third kappa shape index (κ3) is 6.09. The molecular weight excluding hydrogens is 447 g/mol. The van der Waals surface area contributed by atoms with Gasteiger partial charge in [-0.05, 0) is 24.6 Å². The van der Waals surface area contributed by atoms with E-state index in [-0.39, 0.29) is 11.9 Å². The molecule has 0 spiro atoms. The first-order valence-electron chi connectivity index (χ1n) is 10.7. The molecule has 3 aromatic rings. The van der Waals surface area contributed by atoms with E-state index in [9.17, 15) is 4.79 Å². The summed E-state index contributed by atoms with van der Waals surface area (Å²) in [6.45, 7) is 5.49. The molecule has 32 heavy (non-hydrogen) atoms. The van der Waals surface area contributed by atoms with E-state index in [1.807, 2.05) is 55.1 Å². The van der Waals surface area contributed by atoms with Crippen molar-refractivity contribution in [2.75, 3.05) is 31.7 Å². The van der Waals surface area contributed by atoms with Gasteiger partial charge in [0.15, 0.2) is 0 Å². The summed E-state index contributed by atoms with van der Waals surface area (Å²) >= 11 is 12.7. The fourth-order valence-corrected chi connectivity index (χ4v) is 4.02. The summed E-state index contributed by atoms with van der Waals surface area (Å²) in [6.07, 6.45) is 0.969. The molecule has 0 aliphatic carbocycles. The molecule has 1 N–H and O–H groups in total. The van der Waals surface area contributed by atoms with Gasteiger partial charge in [0.1, 0.15) is 11.6 Å². The van der Waals surface area contributed by atoms with Crippen molar-refractivity contribution in [3.05, 3.63) is 63.9 Å². The van der Waals surface area contributed by atoms with Gasteiger partial charge in [0, 0.05) is 43.4 Å². The highest BCUT2D eigenvalue weighted by molar-refractivity contribution is 6.38. The maximum absolute atomic E-state index is 12.7. The lowest BCUT2D eigenvalue weighted by atomic mass is 10.1. The second kappa shape index (κ2) is 11.5. The van der Waals surface area contributed by atoms with Gasteiger partial charge in [-0.15, -0.1) is 0 Å². The molecule has 8 heteroatoms. The van der Waals surface area contributed by atoms with E-state index >= 15 is 0 Å². The molecule has 1 atom stereocenters. The lowest BCUT2D eigenvalue weighted by molar-refractivity contribution is -0.121. The van der Waals surface area contributed by atoms with Gasteiger partial charge in [-0.1, -0.05) is 60.5 Å². The Kier molecular flexibility index (Phi) is 8.67. The summed E-state index contributed by atoms with van der Waals surface area (Å²) in [7, 11) is 1.65. The number of nitrogens with one attached hydrogen (secondary N) is 1. The van der Waals surface area contributed by atoms with Crippen LogP contribution in [-0.4, -0.2) is 42.7 Å². The first-order valence-corrected chi connectivity index (χ1v) is 11.4. The SMILES string of the molecule is CCc1nc(N(CCOC)CCC(=O)NC(C)c2ccccc2)c2cc(Cl)cc(Cl)c2n1. The molecule has 1 aromatic heterocycles. The quantitative estimate of drug-likeness (QED) is 0.436. The molecule has 1 amide bonds. The number of aryl methyl sites for hydroxylation is 1. The summed E-state index contributed by atoms with van der Waals surface area (Å²) < 4.78 is 5.30.